The zero-order chi connectivity index (χ0) is 18.0. The number of aromatic nitrogens is 4. The molecule has 0 saturated heterocycles. The first kappa shape index (κ1) is 16.9. The van der Waals surface area contributed by atoms with Crippen LogP contribution in [0.1, 0.15) is 16.7 Å². The molecule has 0 spiro atoms. The third kappa shape index (κ3) is 3.92. The van der Waals surface area contributed by atoms with E-state index in [1.165, 1.54) is 29.6 Å². The topological polar surface area (TPSA) is 86.7 Å². The number of primary amides is 1. The number of nitrogens with zero attached hydrogens (tertiary/aromatic N) is 4. The number of halogens is 1. The van der Waals surface area contributed by atoms with E-state index in [0.717, 1.165) is 16.7 Å². The lowest BCUT2D eigenvalue weighted by molar-refractivity contribution is -0.112. The molecular formula is C18H16ClN5O. The van der Waals surface area contributed by atoms with Gasteiger partial charge in [-0.25, -0.2) is 9.67 Å². The Labute approximate surface area is 150 Å². The van der Waals surface area contributed by atoms with Crippen LogP contribution in [0.2, 0.25) is 5.02 Å². The van der Waals surface area contributed by atoms with E-state index in [1.807, 2.05) is 26.0 Å². The molecule has 1 amide bonds. The Kier molecular flexibility index (Phi) is 4.63. The number of carbonyl (C=O) groups excluding carboxylic acids is 1. The van der Waals surface area contributed by atoms with Gasteiger partial charge in [0.2, 0.25) is 0 Å². The van der Waals surface area contributed by atoms with Gasteiger partial charge in [-0.15, -0.1) is 5.10 Å². The van der Waals surface area contributed by atoms with E-state index in [9.17, 15) is 4.79 Å². The van der Waals surface area contributed by atoms with Crippen molar-refractivity contribution in [3.63, 3.8) is 0 Å². The van der Waals surface area contributed by atoms with Gasteiger partial charge in [-0.2, -0.15) is 0 Å². The van der Waals surface area contributed by atoms with Crippen LogP contribution in [0.15, 0.2) is 43.0 Å². The van der Waals surface area contributed by atoms with Gasteiger partial charge in [0, 0.05) is 29.7 Å². The zero-order valence-electron chi connectivity index (χ0n) is 13.8. The van der Waals surface area contributed by atoms with Gasteiger partial charge in [-0.3, -0.25) is 9.78 Å². The van der Waals surface area contributed by atoms with Crippen molar-refractivity contribution in [1.82, 2.24) is 19.7 Å². The molecule has 1 aromatic carbocycles. The smallest absolute Gasteiger partial charge is 0.250 e. The van der Waals surface area contributed by atoms with Crippen LogP contribution in [0.4, 0.5) is 0 Å². The van der Waals surface area contributed by atoms with Gasteiger partial charge >= 0.3 is 0 Å². The molecule has 2 aromatic heterocycles. The van der Waals surface area contributed by atoms with Crippen molar-refractivity contribution in [3.05, 3.63) is 64.7 Å². The fourth-order valence-corrected chi connectivity index (χ4v) is 2.72. The van der Waals surface area contributed by atoms with E-state index >= 15 is 0 Å². The molecule has 0 bridgehead atoms. The normalized spacial score (nSPS) is 11.6. The van der Waals surface area contributed by atoms with Crippen LogP contribution < -0.4 is 5.73 Å². The second-order valence-electron chi connectivity index (χ2n) is 5.72. The summed E-state index contributed by atoms with van der Waals surface area (Å²) < 4.78 is 1.45. The molecule has 0 saturated carbocycles. The first-order valence-electron chi connectivity index (χ1n) is 7.55. The van der Waals surface area contributed by atoms with E-state index in [-0.39, 0.29) is 5.57 Å². The number of hydrogen-bond acceptors (Lipinski definition) is 4. The van der Waals surface area contributed by atoms with E-state index in [0.29, 0.717) is 16.4 Å². The molecule has 2 N–H and O–H groups in total. The highest BCUT2D eigenvalue weighted by Gasteiger charge is 2.11. The molecule has 0 aliphatic carbocycles. The summed E-state index contributed by atoms with van der Waals surface area (Å²) in [5.41, 5.74) is 9.41. The summed E-state index contributed by atoms with van der Waals surface area (Å²) in [7, 11) is 0. The fraction of sp³-hybridized carbons (Fsp3) is 0.111. The molecule has 3 aromatic rings. The van der Waals surface area contributed by atoms with Crippen LogP contribution in [-0.4, -0.2) is 25.7 Å². The quantitative estimate of drug-likeness (QED) is 0.730. The average molecular weight is 354 g/mol. The zero-order valence-corrected chi connectivity index (χ0v) is 14.5. The molecule has 7 heteroatoms. The van der Waals surface area contributed by atoms with Crippen molar-refractivity contribution in [1.29, 1.82) is 0 Å². The van der Waals surface area contributed by atoms with Crippen LogP contribution in [0.3, 0.4) is 0 Å². The monoisotopic (exact) mass is 353 g/mol. The van der Waals surface area contributed by atoms with Crippen LogP contribution in [0.25, 0.3) is 23.2 Å². The lowest BCUT2D eigenvalue weighted by Crippen LogP contribution is -2.14. The predicted molar refractivity (Wildman–Crippen MR) is 97.5 cm³/mol. The summed E-state index contributed by atoms with van der Waals surface area (Å²) in [6.07, 6.45) is 6.03. The number of benzene rings is 1. The van der Waals surface area contributed by atoms with E-state index in [1.54, 1.807) is 6.07 Å². The van der Waals surface area contributed by atoms with Crippen molar-refractivity contribution in [2.75, 3.05) is 0 Å². The largest absolute Gasteiger partial charge is 0.366 e. The molecule has 0 fully saturated rings. The van der Waals surface area contributed by atoms with Crippen LogP contribution in [0, 0.1) is 13.8 Å². The molecule has 0 unspecified atom stereocenters. The molecular weight excluding hydrogens is 338 g/mol. The standard InChI is InChI=1S/C18H16ClN5O/c1-11-3-12(2)5-13(4-11)18-22-10-24(23-18)9-16(17(20)25)14-6-15(19)8-21-7-14/h3-10H,1-2H3,(H2,20,25)/b16-9-. The molecule has 6 nitrogen and oxygen atoms in total. The van der Waals surface area contributed by atoms with Crippen LogP contribution in [-0.2, 0) is 4.79 Å². The lowest BCUT2D eigenvalue weighted by Gasteiger charge is -2.04. The lowest BCUT2D eigenvalue weighted by atomic mass is 10.1. The molecule has 3 rings (SSSR count). The fourth-order valence-electron chi connectivity index (χ4n) is 2.54. The third-order valence-corrected chi connectivity index (χ3v) is 3.74. The van der Waals surface area contributed by atoms with Crippen molar-refractivity contribution in [2.45, 2.75) is 13.8 Å². The van der Waals surface area contributed by atoms with E-state index in [4.69, 9.17) is 17.3 Å². The molecule has 25 heavy (non-hydrogen) atoms. The van der Waals surface area contributed by atoms with Crippen molar-refractivity contribution in [2.24, 2.45) is 5.73 Å². The van der Waals surface area contributed by atoms with Crippen molar-refractivity contribution < 1.29 is 4.79 Å². The minimum Gasteiger partial charge on any atom is -0.366 e. The van der Waals surface area contributed by atoms with Gasteiger partial charge in [-0.1, -0.05) is 28.8 Å². The molecule has 0 radical (unpaired) electrons. The van der Waals surface area contributed by atoms with Gasteiger partial charge in [0.25, 0.3) is 5.91 Å². The Morgan fingerprint density at radius 1 is 1.16 bits per heavy atom. The highest BCUT2D eigenvalue weighted by Crippen LogP contribution is 2.20. The summed E-state index contributed by atoms with van der Waals surface area (Å²) in [4.78, 5) is 20.1. The first-order chi connectivity index (χ1) is 11.9. The Hall–Kier alpha value is -2.99. The SMILES string of the molecule is Cc1cc(C)cc(-c2ncn(/C=C(\C(N)=O)c3cncc(Cl)c3)n2)c1. The number of nitrogens with two attached hydrogens (primary N) is 1. The van der Waals surface area contributed by atoms with Gasteiger partial charge in [0.15, 0.2) is 5.82 Å². The Balaban J connectivity index is 2.00. The summed E-state index contributed by atoms with van der Waals surface area (Å²) >= 11 is 5.93. The Bertz CT molecular complexity index is 957. The highest BCUT2D eigenvalue weighted by atomic mass is 35.5. The van der Waals surface area contributed by atoms with Gasteiger partial charge in [-0.05, 0) is 32.0 Å². The maximum absolute atomic E-state index is 11.8. The number of aryl methyl sites for hydroxylation is 2. The number of carbonyl (C=O) groups is 1. The van der Waals surface area contributed by atoms with Crippen LogP contribution in [0.5, 0.6) is 0 Å². The van der Waals surface area contributed by atoms with Crippen molar-refractivity contribution in [3.8, 4) is 11.4 Å². The Morgan fingerprint density at radius 3 is 2.52 bits per heavy atom. The summed E-state index contributed by atoms with van der Waals surface area (Å²) in [6.45, 7) is 4.04. The minimum atomic E-state index is -0.604. The third-order valence-electron chi connectivity index (χ3n) is 3.53. The summed E-state index contributed by atoms with van der Waals surface area (Å²) in [5.74, 6) is -0.0383. The van der Waals surface area contributed by atoms with Gasteiger partial charge in [0.05, 0.1) is 10.6 Å². The summed E-state index contributed by atoms with van der Waals surface area (Å²) in [5, 5.41) is 4.82. The minimum absolute atomic E-state index is 0.242. The number of rotatable bonds is 4. The first-order valence-corrected chi connectivity index (χ1v) is 7.92. The molecule has 0 atom stereocenters. The Morgan fingerprint density at radius 2 is 1.88 bits per heavy atom. The highest BCUT2D eigenvalue weighted by molar-refractivity contribution is 6.31. The molecule has 0 aliphatic rings. The number of amides is 1. The van der Waals surface area contributed by atoms with Crippen LogP contribution >= 0.6 is 11.6 Å². The average Bonchev–Trinajstić information content (AvgIpc) is 3.00. The maximum atomic E-state index is 11.8. The van der Waals surface area contributed by atoms with Gasteiger partial charge in [0.1, 0.15) is 6.33 Å². The van der Waals surface area contributed by atoms with E-state index < -0.39 is 5.91 Å². The molecule has 126 valence electrons. The molecule has 0 aliphatic heterocycles. The molecule has 2 heterocycles. The van der Waals surface area contributed by atoms with E-state index in [2.05, 4.69) is 21.1 Å². The predicted octanol–water partition coefficient (Wildman–Crippen LogP) is 3.09. The maximum Gasteiger partial charge on any atom is 0.250 e. The second kappa shape index (κ2) is 6.86. The second-order valence-corrected chi connectivity index (χ2v) is 6.16. The van der Waals surface area contributed by atoms with Gasteiger partial charge < -0.3 is 5.73 Å². The van der Waals surface area contributed by atoms with Crippen molar-refractivity contribution >= 4 is 29.3 Å². The number of hydrogen-bond donors (Lipinski definition) is 1. The number of pyridine rings is 1. The summed E-state index contributed by atoms with van der Waals surface area (Å²) in [6, 6.07) is 7.71.